The van der Waals surface area contributed by atoms with Crippen molar-refractivity contribution in [2.45, 2.75) is 40.0 Å². The summed E-state index contributed by atoms with van der Waals surface area (Å²) in [4.78, 5) is 0. The van der Waals surface area contributed by atoms with E-state index in [0.29, 0.717) is 5.92 Å². The van der Waals surface area contributed by atoms with Crippen LogP contribution in [0.5, 0.6) is 0 Å². The fourth-order valence-corrected chi connectivity index (χ4v) is 2.52. The molecule has 1 aliphatic carbocycles. The van der Waals surface area contributed by atoms with E-state index in [-0.39, 0.29) is 0 Å². The lowest BCUT2D eigenvalue weighted by Gasteiger charge is -2.17. The lowest BCUT2D eigenvalue weighted by atomic mass is 9.87. The molecule has 1 aromatic carbocycles. The highest BCUT2D eigenvalue weighted by Gasteiger charge is 2.11. The number of benzene rings is 1. The predicted molar refractivity (Wildman–Crippen MR) is 76.0 cm³/mol. The Labute approximate surface area is 105 Å². The van der Waals surface area contributed by atoms with Gasteiger partial charge in [-0.05, 0) is 54.4 Å². The van der Waals surface area contributed by atoms with Gasteiger partial charge in [-0.3, -0.25) is 0 Å². The Morgan fingerprint density at radius 1 is 1.06 bits per heavy atom. The Kier molecular flexibility index (Phi) is 3.83. The Morgan fingerprint density at radius 3 is 2.47 bits per heavy atom. The molecule has 0 amide bonds. The highest BCUT2D eigenvalue weighted by atomic mass is 14.2. The van der Waals surface area contributed by atoms with E-state index >= 15 is 0 Å². The van der Waals surface area contributed by atoms with Gasteiger partial charge in [0.05, 0.1) is 0 Å². The van der Waals surface area contributed by atoms with Gasteiger partial charge < -0.3 is 0 Å². The number of hydrogen-bond donors (Lipinski definition) is 0. The standard InChI is InChI=1S/C17H22/c1-13(2)12-15-9-5-7-11-17(15)16-10-6-4-8-14(16)3/h5,7-11,13H,4,6,12H2,1-3H3. The van der Waals surface area contributed by atoms with Crippen LogP contribution in [0.25, 0.3) is 5.57 Å². The first-order valence-electron chi connectivity index (χ1n) is 6.64. The quantitative estimate of drug-likeness (QED) is 0.679. The lowest BCUT2D eigenvalue weighted by Crippen LogP contribution is -2.01. The Bertz CT molecular complexity index is 447. The molecule has 0 spiro atoms. The lowest BCUT2D eigenvalue weighted by molar-refractivity contribution is 0.646. The van der Waals surface area contributed by atoms with E-state index in [9.17, 15) is 0 Å². The molecule has 0 saturated carbocycles. The van der Waals surface area contributed by atoms with Gasteiger partial charge in [0.2, 0.25) is 0 Å². The Morgan fingerprint density at radius 2 is 1.76 bits per heavy atom. The molecule has 17 heavy (non-hydrogen) atoms. The first-order chi connectivity index (χ1) is 8.18. The minimum atomic E-state index is 0.713. The van der Waals surface area contributed by atoms with Crippen molar-refractivity contribution in [1.82, 2.24) is 0 Å². The molecule has 0 atom stereocenters. The van der Waals surface area contributed by atoms with Crippen molar-refractivity contribution in [3.05, 3.63) is 53.1 Å². The summed E-state index contributed by atoms with van der Waals surface area (Å²) in [7, 11) is 0. The van der Waals surface area contributed by atoms with E-state index < -0.39 is 0 Å². The molecule has 0 nitrogen and oxygen atoms in total. The monoisotopic (exact) mass is 226 g/mol. The first-order valence-corrected chi connectivity index (χ1v) is 6.64. The zero-order valence-corrected chi connectivity index (χ0v) is 11.2. The third kappa shape index (κ3) is 2.88. The van der Waals surface area contributed by atoms with Gasteiger partial charge >= 0.3 is 0 Å². The van der Waals surface area contributed by atoms with Crippen molar-refractivity contribution >= 4 is 5.57 Å². The van der Waals surface area contributed by atoms with Crippen molar-refractivity contribution in [1.29, 1.82) is 0 Å². The summed E-state index contributed by atoms with van der Waals surface area (Å²) < 4.78 is 0. The largest absolute Gasteiger partial charge is 0.0807 e. The van der Waals surface area contributed by atoms with Gasteiger partial charge in [0, 0.05) is 0 Å². The molecule has 2 rings (SSSR count). The second-order valence-electron chi connectivity index (χ2n) is 5.34. The molecule has 0 fully saturated rings. The maximum absolute atomic E-state index is 2.40. The fourth-order valence-electron chi connectivity index (χ4n) is 2.52. The molecule has 1 aliphatic rings. The van der Waals surface area contributed by atoms with Gasteiger partial charge in [0.25, 0.3) is 0 Å². The fraction of sp³-hybridized carbons (Fsp3) is 0.412. The molecule has 0 heterocycles. The van der Waals surface area contributed by atoms with Crippen molar-refractivity contribution in [2.24, 2.45) is 5.92 Å². The maximum atomic E-state index is 2.40. The van der Waals surface area contributed by atoms with Crippen LogP contribution in [0.15, 0.2) is 42.0 Å². The predicted octanol–water partition coefficient (Wildman–Crippen LogP) is 5.01. The SMILES string of the molecule is CC1=CCCC=C1c1ccccc1CC(C)C. The average molecular weight is 226 g/mol. The van der Waals surface area contributed by atoms with Crippen LogP contribution in [-0.2, 0) is 6.42 Å². The van der Waals surface area contributed by atoms with E-state index in [1.54, 1.807) is 0 Å². The Balaban J connectivity index is 2.38. The topological polar surface area (TPSA) is 0 Å². The molecule has 0 heteroatoms. The summed E-state index contributed by atoms with van der Waals surface area (Å²) in [5.74, 6) is 0.713. The van der Waals surface area contributed by atoms with Gasteiger partial charge in [-0.25, -0.2) is 0 Å². The Hall–Kier alpha value is -1.30. The minimum Gasteiger partial charge on any atom is -0.0807 e. The van der Waals surface area contributed by atoms with Crippen LogP contribution in [0, 0.1) is 5.92 Å². The summed E-state index contributed by atoms with van der Waals surface area (Å²) in [6.45, 7) is 6.81. The van der Waals surface area contributed by atoms with Crippen LogP contribution >= 0.6 is 0 Å². The third-order valence-electron chi connectivity index (χ3n) is 3.33. The molecule has 0 N–H and O–H groups in total. The zero-order valence-electron chi connectivity index (χ0n) is 11.2. The van der Waals surface area contributed by atoms with Crippen LogP contribution in [0.3, 0.4) is 0 Å². The van der Waals surface area contributed by atoms with E-state index in [4.69, 9.17) is 0 Å². The van der Waals surface area contributed by atoms with Gasteiger partial charge in [-0.15, -0.1) is 0 Å². The molecule has 0 aromatic heterocycles. The summed E-state index contributed by atoms with van der Waals surface area (Å²) in [6.07, 6.45) is 8.31. The van der Waals surface area contributed by atoms with Gasteiger partial charge in [0.1, 0.15) is 0 Å². The van der Waals surface area contributed by atoms with Crippen molar-refractivity contribution in [3.8, 4) is 0 Å². The molecule has 90 valence electrons. The maximum Gasteiger partial charge on any atom is -0.0152 e. The highest BCUT2D eigenvalue weighted by molar-refractivity contribution is 5.80. The van der Waals surface area contributed by atoms with E-state index in [2.05, 4.69) is 57.2 Å². The van der Waals surface area contributed by atoms with E-state index in [1.165, 1.54) is 41.5 Å². The number of rotatable bonds is 3. The van der Waals surface area contributed by atoms with Crippen LogP contribution in [0.4, 0.5) is 0 Å². The summed E-state index contributed by atoms with van der Waals surface area (Å²) in [6, 6.07) is 8.86. The molecule has 0 unspecified atom stereocenters. The van der Waals surface area contributed by atoms with Crippen LogP contribution in [0.2, 0.25) is 0 Å². The molecule has 0 aliphatic heterocycles. The van der Waals surface area contributed by atoms with Crippen molar-refractivity contribution in [2.75, 3.05) is 0 Å². The van der Waals surface area contributed by atoms with Gasteiger partial charge in [-0.1, -0.05) is 50.3 Å². The van der Waals surface area contributed by atoms with E-state index in [1.807, 2.05) is 0 Å². The summed E-state index contributed by atoms with van der Waals surface area (Å²) >= 11 is 0. The molecular weight excluding hydrogens is 204 g/mol. The summed E-state index contributed by atoms with van der Waals surface area (Å²) in [5.41, 5.74) is 5.82. The van der Waals surface area contributed by atoms with Crippen LogP contribution < -0.4 is 0 Å². The number of hydrogen-bond acceptors (Lipinski definition) is 0. The number of allylic oxidation sites excluding steroid dienone is 4. The smallest absolute Gasteiger partial charge is 0.0152 e. The second kappa shape index (κ2) is 5.35. The first kappa shape index (κ1) is 12.2. The third-order valence-corrected chi connectivity index (χ3v) is 3.33. The second-order valence-corrected chi connectivity index (χ2v) is 5.34. The normalized spacial score (nSPS) is 15.8. The van der Waals surface area contributed by atoms with E-state index in [0.717, 1.165) is 0 Å². The summed E-state index contributed by atoms with van der Waals surface area (Å²) in [5, 5.41) is 0. The molecular formula is C17H22. The molecule has 0 bridgehead atoms. The van der Waals surface area contributed by atoms with Crippen LogP contribution in [-0.4, -0.2) is 0 Å². The van der Waals surface area contributed by atoms with Crippen molar-refractivity contribution in [3.63, 3.8) is 0 Å². The molecule has 0 radical (unpaired) electrons. The van der Waals surface area contributed by atoms with Crippen molar-refractivity contribution < 1.29 is 0 Å². The van der Waals surface area contributed by atoms with Gasteiger partial charge in [-0.2, -0.15) is 0 Å². The average Bonchev–Trinajstić information content (AvgIpc) is 2.30. The zero-order chi connectivity index (χ0) is 12.3. The molecule has 1 aromatic rings. The van der Waals surface area contributed by atoms with Crippen LogP contribution in [0.1, 0.15) is 44.7 Å². The highest BCUT2D eigenvalue weighted by Crippen LogP contribution is 2.30. The molecule has 0 saturated heterocycles. The van der Waals surface area contributed by atoms with Gasteiger partial charge in [0.15, 0.2) is 0 Å². The minimum absolute atomic E-state index is 0.713.